The maximum absolute atomic E-state index is 12.9. The SMILES string of the molecule is C/C(=N\NC(=O)COc1ccc(F)cc1)c1ccc(O)c(CN2CCCCC2)c1. The molecule has 0 atom stereocenters. The molecule has 0 saturated carbocycles. The Morgan fingerprint density at radius 2 is 1.90 bits per heavy atom. The van der Waals surface area contributed by atoms with Crippen molar-refractivity contribution in [3.63, 3.8) is 0 Å². The lowest BCUT2D eigenvalue weighted by Crippen LogP contribution is -2.29. The van der Waals surface area contributed by atoms with E-state index in [2.05, 4.69) is 15.4 Å². The van der Waals surface area contributed by atoms with Gasteiger partial charge in [0.25, 0.3) is 5.91 Å². The van der Waals surface area contributed by atoms with Crippen LogP contribution >= 0.6 is 0 Å². The van der Waals surface area contributed by atoms with Crippen molar-refractivity contribution in [1.29, 1.82) is 0 Å². The zero-order valence-corrected chi connectivity index (χ0v) is 16.5. The molecule has 0 radical (unpaired) electrons. The Morgan fingerprint density at radius 3 is 2.62 bits per heavy atom. The minimum absolute atomic E-state index is 0.224. The van der Waals surface area contributed by atoms with Crippen LogP contribution in [-0.2, 0) is 11.3 Å². The number of piperidine rings is 1. The lowest BCUT2D eigenvalue weighted by atomic mass is 10.0. The lowest BCUT2D eigenvalue weighted by molar-refractivity contribution is -0.123. The molecule has 2 N–H and O–H groups in total. The Kier molecular flexibility index (Phi) is 7.19. The molecule has 1 heterocycles. The summed E-state index contributed by atoms with van der Waals surface area (Å²) in [4.78, 5) is 14.3. The number of benzene rings is 2. The number of phenols is 1. The van der Waals surface area contributed by atoms with Crippen molar-refractivity contribution in [2.24, 2.45) is 5.10 Å². The zero-order chi connectivity index (χ0) is 20.6. The summed E-state index contributed by atoms with van der Waals surface area (Å²) in [6.07, 6.45) is 3.64. The van der Waals surface area contributed by atoms with Gasteiger partial charge in [-0.15, -0.1) is 0 Å². The fraction of sp³-hybridized carbons (Fsp3) is 0.364. The van der Waals surface area contributed by atoms with Crippen molar-refractivity contribution in [3.05, 3.63) is 59.4 Å². The van der Waals surface area contributed by atoms with Crippen LogP contribution in [0.4, 0.5) is 4.39 Å². The number of carbonyl (C=O) groups excluding carboxylic acids is 1. The third-order valence-corrected chi connectivity index (χ3v) is 4.87. The van der Waals surface area contributed by atoms with Gasteiger partial charge < -0.3 is 9.84 Å². The first-order valence-corrected chi connectivity index (χ1v) is 9.77. The molecule has 2 aromatic carbocycles. The molecule has 1 aliphatic rings. The van der Waals surface area contributed by atoms with Crippen molar-refractivity contribution < 1.29 is 19.0 Å². The number of hydrogen-bond acceptors (Lipinski definition) is 5. The molecule has 0 aromatic heterocycles. The number of nitrogens with one attached hydrogen (secondary N) is 1. The van der Waals surface area contributed by atoms with Crippen LogP contribution in [-0.4, -0.2) is 41.3 Å². The maximum atomic E-state index is 12.9. The molecule has 0 bridgehead atoms. The largest absolute Gasteiger partial charge is 0.508 e. The zero-order valence-electron chi connectivity index (χ0n) is 16.5. The molecular formula is C22H26FN3O3. The number of likely N-dealkylation sites (tertiary alicyclic amines) is 1. The van der Waals surface area contributed by atoms with Gasteiger partial charge in [0.1, 0.15) is 17.3 Å². The normalized spacial score (nSPS) is 15.2. The molecule has 0 unspecified atom stereocenters. The van der Waals surface area contributed by atoms with E-state index in [-0.39, 0.29) is 18.2 Å². The molecule has 1 fully saturated rings. The van der Waals surface area contributed by atoms with Gasteiger partial charge in [-0.25, -0.2) is 9.82 Å². The molecule has 154 valence electrons. The van der Waals surface area contributed by atoms with E-state index in [9.17, 15) is 14.3 Å². The highest BCUT2D eigenvalue weighted by molar-refractivity contribution is 5.99. The second-order valence-corrected chi connectivity index (χ2v) is 7.16. The molecule has 1 aliphatic heterocycles. The third-order valence-electron chi connectivity index (χ3n) is 4.87. The summed E-state index contributed by atoms with van der Waals surface area (Å²) < 4.78 is 18.2. The molecule has 0 aliphatic carbocycles. The van der Waals surface area contributed by atoms with Gasteiger partial charge >= 0.3 is 0 Å². The summed E-state index contributed by atoms with van der Waals surface area (Å²) in [7, 11) is 0. The fourth-order valence-corrected chi connectivity index (χ4v) is 3.22. The first kappa shape index (κ1) is 20.8. The van der Waals surface area contributed by atoms with Crippen LogP contribution in [0.2, 0.25) is 0 Å². The van der Waals surface area contributed by atoms with E-state index in [4.69, 9.17) is 4.74 Å². The lowest BCUT2D eigenvalue weighted by Gasteiger charge is -2.26. The van der Waals surface area contributed by atoms with Crippen LogP contribution in [0.3, 0.4) is 0 Å². The standard InChI is InChI=1S/C22H26FN3O3/c1-16(24-25-22(28)15-29-20-8-6-19(23)7-9-20)17-5-10-21(27)18(13-17)14-26-11-3-2-4-12-26/h5-10,13,27H,2-4,11-12,14-15H2,1H3,(H,25,28)/b24-16+. The van der Waals surface area contributed by atoms with Crippen LogP contribution in [0.1, 0.15) is 37.3 Å². The van der Waals surface area contributed by atoms with Gasteiger partial charge in [-0.2, -0.15) is 5.10 Å². The van der Waals surface area contributed by atoms with Crippen LogP contribution < -0.4 is 10.2 Å². The van der Waals surface area contributed by atoms with Gasteiger partial charge in [0.2, 0.25) is 0 Å². The number of hydrazone groups is 1. The van der Waals surface area contributed by atoms with Gasteiger partial charge in [0, 0.05) is 12.1 Å². The number of ether oxygens (including phenoxy) is 1. The van der Waals surface area contributed by atoms with Crippen LogP contribution in [0.25, 0.3) is 0 Å². The van der Waals surface area contributed by atoms with Crippen molar-refractivity contribution in [2.45, 2.75) is 32.7 Å². The highest BCUT2D eigenvalue weighted by Crippen LogP contribution is 2.22. The minimum atomic E-state index is -0.416. The Hall–Kier alpha value is -2.93. The van der Waals surface area contributed by atoms with Crippen LogP contribution in [0.5, 0.6) is 11.5 Å². The minimum Gasteiger partial charge on any atom is -0.508 e. The van der Waals surface area contributed by atoms with E-state index in [0.717, 1.165) is 24.2 Å². The van der Waals surface area contributed by atoms with E-state index < -0.39 is 5.91 Å². The number of halogens is 1. The highest BCUT2D eigenvalue weighted by Gasteiger charge is 2.13. The van der Waals surface area contributed by atoms with Crippen molar-refractivity contribution >= 4 is 11.6 Å². The molecule has 2 aromatic rings. The molecule has 0 spiro atoms. The Morgan fingerprint density at radius 1 is 1.17 bits per heavy atom. The first-order chi connectivity index (χ1) is 14.0. The Labute approximate surface area is 170 Å². The molecule has 7 heteroatoms. The van der Waals surface area contributed by atoms with E-state index in [1.165, 1.54) is 43.5 Å². The third kappa shape index (κ3) is 6.29. The number of aromatic hydroxyl groups is 1. The summed E-state index contributed by atoms with van der Waals surface area (Å²) in [5.74, 6) is -0.108. The summed E-state index contributed by atoms with van der Waals surface area (Å²) in [5, 5.41) is 14.3. The topological polar surface area (TPSA) is 74.2 Å². The first-order valence-electron chi connectivity index (χ1n) is 9.77. The molecule has 1 amide bonds. The van der Waals surface area contributed by atoms with Crippen LogP contribution in [0, 0.1) is 5.82 Å². The van der Waals surface area contributed by atoms with Gasteiger partial charge in [0.05, 0.1) is 5.71 Å². The summed E-state index contributed by atoms with van der Waals surface area (Å²) in [5.41, 5.74) is 4.76. The number of nitrogens with zero attached hydrogens (tertiary/aromatic N) is 2. The second-order valence-electron chi connectivity index (χ2n) is 7.16. The van der Waals surface area contributed by atoms with E-state index in [1.807, 2.05) is 6.07 Å². The number of carbonyl (C=O) groups is 1. The van der Waals surface area contributed by atoms with Crippen LogP contribution in [0.15, 0.2) is 47.6 Å². The number of rotatable bonds is 7. The van der Waals surface area contributed by atoms with Crippen molar-refractivity contribution in [1.82, 2.24) is 10.3 Å². The Balaban J connectivity index is 1.56. The number of phenolic OH excluding ortho intramolecular Hbond substituents is 1. The quantitative estimate of drug-likeness (QED) is 0.553. The molecule has 3 rings (SSSR count). The molecule has 6 nitrogen and oxygen atoms in total. The molecule has 1 saturated heterocycles. The Bertz CT molecular complexity index is 862. The number of amides is 1. The molecular weight excluding hydrogens is 373 g/mol. The van der Waals surface area contributed by atoms with Gasteiger partial charge in [-0.3, -0.25) is 9.69 Å². The van der Waals surface area contributed by atoms with Crippen molar-refractivity contribution in [2.75, 3.05) is 19.7 Å². The van der Waals surface area contributed by atoms with Gasteiger partial charge in [-0.05, 0) is 80.9 Å². The van der Waals surface area contributed by atoms with Gasteiger partial charge in [-0.1, -0.05) is 6.42 Å². The predicted molar refractivity (Wildman–Crippen MR) is 109 cm³/mol. The highest BCUT2D eigenvalue weighted by atomic mass is 19.1. The second kappa shape index (κ2) is 10.0. The average molecular weight is 399 g/mol. The van der Waals surface area contributed by atoms with Gasteiger partial charge in [0.15, 0.2) is 6.61 Å². The van der Waals surface area contributed by atoms with E-state index >= 15 is 0 Å². The predicted octanol–water partition coefficient (Wildman–Crippen LogP) is 3.44. The monoisotopic (exact) mass is 399 g/mol. The van der Waals surface area contributed by atoms with E-state index in [0.29, 0.717) is 18.0 Å². The van der Waals surface area contributed by atoms with E-state index in [1.54, 1.807) is 19.1 Å². The average Bonchev–Trinajstić information content (AvgIpc) is 2.74. The van der Waals surface area contributed by atoms with Crippen molar-refractivity contribution in [3.8, 4) is 11.5 Å². The molecule has 29 heavy (non-hydrogen) atoms. The number of hydrogen-bond donors (Lipinski definition) is 2. The maximum Gasteiger partial charge on any atom is 0.277 e. The fourth-order valence-electron chi connectivity index (χ4n) is 3.22. The smallest absolute Gasteiger partial charge is 0.277 e. The summed E-state index contributed by atoms with van der Waals surface area (Å²) >= 11 is 0. The summed E-state index contributed by atoms with van der Waals surface area (Å²) in [6, 6.07) is 10.8. The summed E-state index contributed by atoms with van der Waals surface area (Å²) in [6.45, 7) is 4.35.